The van der Waals surface area contributed by atoms with E-state index in [9.17, 15) is 30.8 Å². The molecule has 0 aliphatic heterocycles. The maximum absolute atomic E-state index is 12.6. The first-order chi connectivity index (χ1) is 9.14. The van der Waals surface area contributed by atoms with Crippen LogP contribution >= 0.6 is 11.3 Å². The van der Waals surface area contributed by atoms with Crippen LogP contribution in [0.2, 0.25) is 0 Å². The average molecular weight is 336 g/mol. The van der Waals surface area contributed by atoms with Gasteiger partial charge in [-0.15, -0.1) is 11.3 Å². The van der Waals surface area contributed by atoms with Crippen LogP contribution in [0.25, 0.3) is 0 Å². The fourth-order valence-corrected chi connectivity index (χ4v) is 2.43. The number of hydrogen-bond acceptors (Lipinski definition) is 6. The van der Waals surface area contributed by atoms with Gasteiger partial charge in [-0.05, 0) is 6.92 Å². The van der Waals surface area contributed by atoms with E-state index in [4.69, 9.17) is 0 Å². The Bertz CT molecular complexity index is 590. The maximum atomic E-state index is 12.6. The molecule has 0 fully saturated rings. The zero-order valence-corrected chi connectivity index (χ0v) is 11.5. The molecule has 1 aromatic heterocycles. The largest absolute Gasteiger partial charge is 0.534 e. The van der Waals surface area contributed by atoms with Gasteiger partial charge in [0.1, 0.15) is 12.2 Å². The van der Waals surface area contributed by atoms with Crippen molar-refractivity contribution in [1.29, 1.82) is 0 Å². The molecule has 11 heteroatoms. The third kappa shape index (κ3) is 3.39. The van der Waals surface area contributed by atoms with Crippen LogP contribution in [0.1, 0.15) is 22.2 Å². The summed E-state index contributed by atoms with van der Waals surface area (Å²) < 4.78 is 79.3. The first-order valence-electron chi connectivity index (χ1n) is 4.98. The lowest BCUT2D eigenvalue weighted by Crippen LogP contribution is -2.28. The van der Waals surface area contributed by atoms with Crippen LogP contribution in [-0.4, -0.2) is 26.5 Å². The van der Waals surface area contributed by atoms with E-state index in [1.807, 2.05) is 0 Å². The number of alkyl halides is 4. The van der Waals surface area contributed by atoms with Gasteiger partial charge in [0.05, 0.1) is 11.5 Å². The number of ether oxygens (including phenoxy) is 1. The molecule has 0 atom stereocenters. The van der Waals surface area contributed by atoms with Crippen LogP contribution in [0.4, 0.5) is 17.6 Å². The van der Waals surface area contributed by atoms with E-state index in [0.29, 0.717) is 11.3 Å². The molecule has 0 aliphatic carbocycles. The summed E-state index contributed by atoms with van der Waals surface area (Å²) in [5.74, 6) is -2.06. The summed E-state index contributed by atoms with van der Waals surface area (Å²) in [6.45, 7) is 0.131. The number of esters is 1. The van der Waals surface area contributed by atoms with E-state index in [1.54, 1.807) is 0 Å². The molecule has 0 saturated heterocycles. The Morgan fingerprint density at radius 2 is 2.00 bits per heavy atom. The van der Waals surface area contributed by atoms with Gasteiger partial charge in [0.15, 0.2) is 5.75 Å². The Morgan fingerprint density at radius 3 is 2.45 bits per heavy atom. The van der Waals surface area contributed by atoms with Crippen molar-refractivity contribution in [2.75, 3.05) is 6.61 Å². The van der Waals surface area contributed by atoms with Gasteiger partial charge in [-0.25, -0.2) is 9.18 Å². The van der Waals surface area contributed by atoms with Gasteiger partial charge in [0, 0.05) is 5.38 Å². The Labute approximate surface area is 115 Å². The van der Waals surface area contributed by atoms with Gasteiger partial charge in [-0.3, -0.25) is 0 Å². The average Bonchev–Trinajstić information content (AvgIpc) is 2.70. The van der Waals surface area contributed by atoms with Gasteiger partial charge < -0.3 is 8.92 Å². The Hall–Kier alpha value is -1.36. The Kier molecular flexibility index (Phi) is 4.97. The van der Waals surface area contributed by atoms with E-state index >= 15 is 0 Å². The van der Waals surface area contributed by atoms with Crippen molar-refractivity contribution < 1.29 is 39.7 Å². The van der Waals surface area contributed by atoms with Crippen molar-refractivity contribution in [2.24, 2.45) is 0 Å². The van der Waals surface area contributed by atoms with Crippen molar-refractivity contribution in [3.63, 3.8) is 0 Å². The molecule has 1 rings (SSSR count). The first-order valence-corrected chi connectivity index (χ1v) is 7.27. The molecule has 5 nitrogen and oxygen atoms in total. The van der Waals surface area contributed by atoms with E-state index < -0.39 is 39.6 Å². The molecule has 114 valence electrons. The highest BCUT2D eigenvalue weighted by atomic mass is 32.2. The van der Waals surface area contributed by atoms with Gasteiger partial charge in [0.25, 0.3) is 0 Å². The molecule has 0 bridgehead atoms. The van der Waals surface area contributed by atoms with Crippen LogP contribution in [0, 0.1) is 0 Å². The summed E-state index contributed by atoms with van der Waals surface area (Å²) in [4.78, 5) is 11.2. The fourth-order valence-electron chi connectivity index (χ4n) is 1.12. The summed E-state index contributed by atoms with van der Waals surface area (Å²) in [5.41, 5.74) is -6.32. The number of hydrogen-bond donors (Lipinski definition) is 0. The molecule has 0 aromatic carbocycles. The first kappa shape index (κ1) is 16.7. The molecule has 1 aromatic rings. The number of thiophene rings is 1. The normalized spacial score (nSPS) is 12.2. The van der Waals surface area contributed by atoms with Crippen LogP contribution in [0.5, 0.6) is 5.75 Å². The van der Waals surface area contributed by atoms with E-state index in [1.165, 1.54) is 6.92 Å². The summed E-state index contributed by atoms with van der Waals surface area (Å²) in [7, 11) is -5.94. The SMILES string of the molecule is CCOC(=O)c1c(OS(=O)(=O)C(F)(F)F)csc1CF. The monoisotopic (exact) mass is 336 g/mol. The molecule has 0 amide bonds. The Morgan fingerprint density at radius 1 is 1.40 bits per heavy atom. The molecule has 0 aliphatic rings. The number of rotatable bonds is 5. The lowest BCUT2D eigenvalue weighted by atomic mass is 10.2. The minimum Gasteiger partial charge on any atom is -0.462 e. The predicted octanol–water partition coefficient (Wildman–Crippen LogP) is 2.62. The summed E-state index contributed by atoms with van der Waals surface area (Å²) in [6, 6.07) is 0. The highest BCUT2D eigenvalue weighted by Gasteiger charge is 2.49. The fraction of sp³-hybridized carbons (Fsp3) is 0.444. The molecular weight excluding hydrogens is 328 g/mol. The lowest BCUT2D eigenvalue weighted by molar-refractivity contribution is -0.0500. The predicted molar refractivity (Wildman–Crippen MR) is 60.7 cm³/mol. The maximum Gasteiger partial charge on any atom is 0.534 e. The van der Waals surface area contributed by atoms with Gasteiger partial charge in [0.2, 0.25) is 0 Å². The molecule has 20 heavy (non-hydrogen) atoms. The molecule has 0 radical (unpaired) electrons. The minimum absolute atomic E-state index is 0.119. The number of carbonyl (C=O) groups is 1. The highest BCUT2D eigenvalue weighted by molar-refractivity contribution is 7.88. The third-order valence-electron chi connectivity index (χ3n) is 1.92. The van der Waals surface area contributed by atoms with E-state index in [0.717, 1.165) is 5.38 Å². The van der Waals surface area contributed by atoms with Gasteiger partial charge in [-0.1, -0.05) is 0 Å². The summed E-state index contributed by atoms with van der Waals surface area (Å²) in [6.07, 6.45) is 0. The van der Waals surface area contributed by atoms with Crippen LogP contribution in [0.3, 0.4) is 0 Å². The molecular formula is C9H8F4O5S2. The number of carbonyl (C=O) groups excluding carboxylic acids is 1. The second kappa shape index (κ2) is 5.95. The van der Waals surface area contributed by atoms with Gasteiger partial charge >= 0.3 is 21.6 Å². The van der Waals surface area contributed by atoms with Crippen LogP contribution in [0.15, 0.2) is 5.38 Å². The zero-order valence-electron chi connectivity index (χ0n) is 9.86. The molecule has 0 N–H and O–H groups in total. The van der Waals surface area contributed by atoms with Crippen molar-refractivity contribution in [3.05, 3.63) is 15.8 Å². The second-order valence-electron chi connectivity index (χ2n) is 3.24. The van der Waals surface area contributed by atoms with Crippen molar-refractivity contribution in [2.45, 2.75) is 19.1 Å². The topological polar surface area (TPSA) is 69.7 Å². The van der Waals surface area contributed by atoms with Gasteiger partial charge in [-0.2, -0.15) is 21.6 Å². The quantitative estimate of drug-likeness (QED) is 0.358. The van der Waals surface area contributed by atoms with Crippen molar-refractivity contribution in [1.82, 2.24) is 0 Å². The minimum atomic E-state index is -5.94. The standard InChI is InChI=1S/C9H8F4O5S2/c1-2-17-8(14)7-5(4-19-6(7)3-10)18-20(15,16)9(11,12)13/h4H,2-3H2,1H3. The van der Waals surface area contributed by atoms with Crippen LogP contribution < -0.4 is 4.18 Å². The van der Waals surface area contributed by atoms with Crippen molar-refractivity contribution in [3.8, 4) is 5.75 Å². The second-order valence-corrected chi connectivity index (χ2v) is 5.74. The molecule has 0 spiro atoms. The third-order valence-corrected chi connectivity index (χ3v) is 3.81. The van der Waals surface area contributed by atoms with E-state index in [-0.39, 0.29) is 11.5 Å². The molecule has 0 unspecified atom stereocenters. The number of halogens is 4. The highest BCUT2D eigenvalue weighted by Crippen LogP contribution is 2.35. The Balaban J connectivity index is 3.21. The van der Waals surface area contributed by atoms with Crippen molar-refractivity contribution >= 4 is 27.4 Å². The van der Waals surface area contributed by atoms with E-state index in [2.05, 4.69) is 8.92 Å². The molecule has 0 saturated carbocycles. The van der Waals surface area contributed by atoms with Crippen LogP contribution in [-0.2, 0) is 21.5 Å². The lowest BCUT2D eigenvalue weighted by Gasteiger charge is -2.10. The summed E-state index contributed by atoms with van der Waals surface area (Å²) in [5, 5.41) is 0.796. The smallest absolute Gasteiger partial charge is 0.462 e. The molecule has 1 heterocycles. The summed E-state index contributed by atoms with van der Waals surface area (Å²) >= 11 is 0.549. The zero-order chi connectivity index (χ0) is 15.6.